The van der Waals surface area contributed by atoms with Gasteiger partial charge in [-0.25, -0.2) is 14.5 Å². The van der Waals surface area contributed by atoms with E-state index in [1.165, 1.54) is 49.8 Å². The van der Waals surface area contributed by atoms with Gasteiger partial charge in [-0.2, -0.15) is 5.10 Å². The van der Waals surface area contributed by atoms with Gasteiger partial charge in [0.25, 0.3) is 0 Å². The van der Waals surface area contributed by atoms with E-state index in [0.29, 0.717) is 11.0 Å². The highest BCUT2D eigenvalue weighted by Crippen LogP contribution is 2.35. The number of rotatable bonds is 5. The molecule has 0 unspecified atom stereocenters. The summed E-state index contributed by atoms with van der Waals surface area (Å²) < 4.78 is 1.72. The van der Waals surface area contributed by atoms with Crippen molar-refractivity contribution in [2.24, 2.45) is 0 Å². The van der Waals surface area contributed by atoms with Crippen LogP contribution in [0.1, 0.15) is 62.9 Å². The first-order valence-corrected chi connectivity index (χ1v) is 9.20. The Morgan fingerprint density at radius 2 is 2.08 bits per heavy atom. The van der Waals surface area contributed by atoms with Crippen LogP contribution in [-0.2, 0) is 0 Å². The van der Waals surface area contributed by atoms with E-state index in [1.54, 1.807) is 11.0 Å². The van der Waals surface area contributed by atoms with Gasteiger partial charge >= 0.3 is 6.03 Å². The van der Waals surface area contributed by atoms with Crippen LogP contribution >= 0.6 is 11.3 Å². The minimum absolute atomic E-state index is 0.00506. The summed E-state index contributed by atoms with van der Waals surface area (Å²) in [4.78, 5) is 16.1. The Labute approximate surface area is 145 Å². The lowest BCUT2D eigenvalue weighted by molar-refractivity contribution is 0.244. The lowest BCUT2D eigenvalue weighted by Gasteiger charge is -2.21. The molecule has 0 bridgehead atoms. The lowest BCUT2D eigenvalue weighted by atomic mass is 9.90. The molecule has 1 fully saturated rings. The summed E-state index contributed by atoms with van der Waals surface area (Å²) in [5.41, 5.74) is 0. The van der Waals surface area contributed by atoms with Crippen molar-refractivity contribution in [1.29, 1.82) is 0 Å². The van der Waals surface area contributed by atoms with E-state index >= 15 is 0 Å². The summed E-state index contributed by atoms with van der Waals surface area (Å²) in [6, 6.07) is -0.372. The standard InChI is InChI=1S/C15H23N7OS/c1-10(11(2)22-9-16-8-17-22)18-14(23)19-15-21-20-13(24-15)12-6-4-3-5-7-12/h8-12H,3-7H2,1-2H3,(H2,18,19,21,23)/t10-,11+/m1/s1. The molecule has 24 heavy (non-hydrogen) atoms. The van der Waals surface area contributed by atoms with E-state index in [4.69, 9.17) is 0 Å². The number of nitrogens with zero attached hydrogens (tertiary/aromatic N) is 5. The topological polar surface area (TPSA) is 97.6 Å². The van der Waals surface area contributed by atoms with Crippen molar-refractivity contribution < 1.29 is 4.79 Å². The predicted octanol–water partition coefficient (Wildman–Crippen LogP) is 2.95. The van der Waals surface area contributed by atoms with Gasteiger partial charge in [0, 0.05) is 12.0 Å². The zero-order valence-electron chi connectivity index (χ0n) is 14.0. The van der Waals surface area contributed by atoms with Gasteiger partial charge in [0.2, 0.25) is 5.13 Å². The molecule has 2 atom stereocenters. The molecule has 2 amide bonds. The highest BCUT2D eigenvalue weighted by molar-refractivity contribution is 7.15. The highest BCUT2D eigenvalue weighted by Gasteiger charge is 2.21. The minimum atomic E-state index is -0.277. The Morgan fingerprint density at radius 3 is 2.79 bits per heavy atom. The number of urea groups is 1. The van der Waals surface area contributed by atoms with E-state index in [2.05, 4.69) is 30.9 Å². The molecule has 0 spiro atoms. The van der Waals surface area contributed by atoms with Crippen LogP contribution in [0.3, 0.4) is 0 Å². The van der Waals surface area contributed by atoms with Crippen LogP contribution in [0.5, 0.6) is 0 Å². The SMILES string of the molecule is C[C@@H](NC(=O)Nc1nnc(C2CCCCC2)s1)[C@H](C)n1cncn1. The first-order valence-electron chi connectivity index (χ1n) is 8.38. The maximum absolute atomic E-state index is 12.2. The van der Waals surface area contributed by atoms with E-state index in [9.17, 15) is 4.79 Å². The molecule has 2 N–H and O–H groups in total. The summed E-state index contributed by atoms with van der Waals surface area (Å²) in [6.07, 6.45) is 9.29. The second-order valence-corrected chi connectivity index (χ2v) is 7.29. The normalized spacial score (nSPS) is 18.1. The minimum Gasteiger partial charge on any atom is -0.333 e. The maximum Gasteiger partial charge on any atom is 0.321 e. The summed E-state index contributed by atoms with van der Waals surface area (Å²) >= 11 is 1.48. The number of carbonyl (C=O) groups excluding carboxylic acids is 1. The van der Waals surface area contributed by atoms with Gasteiger partial charge in [0.1, 0.15) is 17.7 Å². The Kier molecular flexibility index (Phi) is 5.39. The molecule has 2 aromatic heterocycles. The molecule has 8 nitrogen and oxygen atoms in total. The largest absolute Gasteiger partial charge is 0.333 e. The van der Waals surface area contributed by atoms with E-state index in [1.807, 2.05) is 13.8 Å². The molecule has 2 aromatic rings. The van der Waals surface area contributed by atoms with Crippen LogP contribution in [0, 0.1) is 0 Å². The van der Waals surface area contributed by atoms with Crippen LogP contribution in [0.15, 0.2) is 12.7 Å². The highest BCUT2D eigenvalue weighted by atomic mass is 32.1. The molecule has 1 aliphatic rings. The molecule has 0 radical (unpaired) electrons. The van der Waals surface area contributed by atoms with E-state index in [-0.39, 0.29) is 18.1 Å². The number of hydrogen-bond acceptors (Lipinski definition) is 6. The molecule has 130 valence electrons. The number of carbonyl (C=O) groups is 1. The van der Waals surface area contributed by atoms with E-state index in [0.717, 1.165) is 5.01 Å². The predicted molar refractivity (Wildman–Crippen MR) is 92.1 cm³/mol. The fourth-order valence-corrected chi connectivity index (χ4v) is 3.82. The first-order chi connectivity index (χ1) is 11.6. The summed E-state index contributed by atoms with van der Waals surface area (Å²) in [7, 11) is 0. The molecule has 1 aliphatic carbocycles. The van der Waals surface area contributed by atoms with Crippen molar-refractivity contribution in [1.82, 2.24) is 30.3 Å². The van der Waals surface area contributed by atoms with Crippen molar-refractivity contribution in [2.45, 2.75) is 64.0 Å². The molecular formula is C15H23N7OS. The van der Waals surface area contributed by atoms with Crippen molar-refractivity contribution >= 4 is 22.5 Å². The smallest absolute Gasteiger partial charge is 0.321 e. The third kappa shape index (κ3) is 4.08. The van der Waals surface area contributed by atoms with Gasteiger partial charge < -0.3 is 5.32 Å². The Balaban J connectivity index is 1.52. The van der Waals surface area contributed by atoms with Crippen LogP contribution in [0.2, 0.25) is 0 Å². The van der Waals surface area contributed by atoms with Gasteiger partial charge in [-0.3, -0.25) is 5.32 Å². The van der Waals surface area contributed by atoms with Gasteiger partial charge in [-0.1, -0.05) is 30.6 Å². The average Bonchev–Trinajstić information content (AvgIpc) is 3.26. The molecule has 1 saturated carbocycles. The molecular weight excluding hydrogens is 326 g/mol. The summed E-state index contributed by atoms with van der Waals surface area (Å²) in [5.74, 6) is 0.501. The molecule has 0 aliphatic heterocycles. The average molecular weight is 349 g/mol. The van der Waals surface area contributed by atoms with Crippen LogP contribution < -0.4 is 10.6 Å². The summed E-state index contributed by atoms with van der Waals surface area (Å²) in [6.45, 7) is 3.91. The summed E-state index contributed by atoms with van der Waals surface area (Å²) in [5, 5.41) is 19.7. The fraction of sp³-hybridized carbons (Fsp3) is 0.667. The van der Waals surface area contributed by atoms with E-state index < -0.39 is 0 Å². The third-order valence-electron chi connectivity index (χ3n) is 4.55. The van der Waals surface area contributed by atoms with Crippen molar-refractivity contribution in [3.05, 3.63) is 17.7 Å². The molecule has 2 heterocycles. The zero-order valence-corrected chi connectivity index (χ0v) is 14.8. The number of nitrogens with one attached hydrogen (secondary N) is 2. The third-order valence-corrected chi connectivity index (χ3v) is 5.55. The quantitative estimate of drug-likeness (QED) is 0.865. The lowest BCUT2D eigenvalue weighted by Crippen LogP contribution is -2.40. The maximum atomic E-state index is 12.2. The van der Waals surface area contributed by atoms with Gasteiger partial charge in [0.15, 0.2) is 0 Å². The second-order valence-electron chi connectivity index (χ2n) is 6.28. The Bertz CT molecular complexity index is 651. The monoisotopic (exact) mass is 349 g/mol. The molecule has 3 rings (SSSR count). The fourth-order valence-electron chi connectivity index (χ4n) is 2.92. The van der Waals surface area contributed by atoms with Gasteiger partial charge in [0.05, 0.1) is 6.04 Å². The van der Waals surface area contributed by atoms with Crippen LogP contribution in [0.25, 0.3) is 0 Å². The molecule has 9 heteroatoms. The van der Waals surface area contributed by atoms with Crippen molar-refractivity contribution in [3.8, 4) is 0 Å². The number of aromatic nitrogens is 5. The van der Waals surface area contributed by atoms with Crippen LogP contribution in [0.4, 0.5) is 9.93 Å². The van der Waals surface area contributed by atoms with Gasteiger partial charge in [-0.15, -0.1) is 10.2 Å². The zero-order chi connectivity index (χ0) is 16.9. The molecule has 0 aromatic carbocycles. The Hall–Kier alpha value is -2.03. The molecule has 0 saturated heterocycles. The van der Waals surface area contributed by atoms with Crippen LogP contribution in [-0.4, -0.2) is 37.0 Å². The van der Waals surface area contributed by atoms with Crippen molar-refractivity contribution in [2.75, 3.05) is 5.32 Å². The second kappa shape index (κ2) is 7.69. The first kappa shape index (κ1) is 16.8. The Morgan fingerprint density at radius 1 is 1.29 bits per heavy atom. The van der Waals surface area contributed by atoms with Gasteiger partial charge in [-0.05, 0) is 26.7 Å². The number of hydrogen-bond donors (Lipinski definition) is 2. The number of amides is 2. The van der Waals surface area contributed by atoms with Crippen molar-refractivity contribution in [3.63, 3.8) is 0 Å². The number of anilines is 1.